The Kier molecular flexibility index (Phi) is 4.55. The summed E-state index contributed by atoms with van der Waals surface area (Å²) in [6.07, 6.45) is 7.96. The fourth-order valence-corrected chi connectivity index (χ4v) is 4.05. The first-order chi connectivity index (χ1) is 12.2. The first-order valence-electron chi connectivity index (χ1n) is 9.47. The molecule has 1 fully saturated rings. The quantitative estimate of drug-likeness (QED) is 0.856. The van der Waals surface area contributed by atoms with Crippen LogP contribution in [-0.2, 0) is 30.5 Å². The zero-order chi connectivity index (χ0) is 17.2. The van der Waals surface area contributed by atoms with Crippen LogP contribution in [0, 0.1) is 0 Å². The van der Waals surface area contributed by atoms with E-state index in [2.05, 4.69) is 28.3 Å². The lowest BCUT2D eigenvalue weighted by Crippen LogP contribution is -2.32. The van der Waals surface area contributed by atoms with Gasteiger partial charge in [0.05, 0.1) is 12.5 Å². The van der Waals surface area contributed by atoms with Crippen LogP contribution < -0.4 is 0 Å². The molecule has 0 spiro atoms. The Morgan fingerprint density at radius 1 is 1.24 bits per heavy atom. The number of carbonyl (C=O) groups is 1. The topological polar surface area (TPSA) is 59.2 Å². The normalized spacial score (nSPS) is 19.9. The minimum atomic E-state index is -0.0332. The second-order valence-corrected chi connectivity index (χ2v) is 7.13. The number of aryl methyl sites for hydroxylation is 3. The Bertz CT molecular complexity index is 768. The Labute approximate surface area is 148 Å². The largest absolute Gasteiger partial charge is 0.339 e. The number of rotatable bonds is 4. The monoisotopic (exact) mass is 339 g/mol. The molecule has 5 heteroatoms. The molecule has 0 bridgehead atoms. The number of benzene rings is 1. The molecule has 1 amide bonds. The molecule has 1 atom stereocenters. The van der Waals surface area contributed by atoms with Gasteiger partial charge in [-0.2, -0.15) is 4.98 Å². The smallest absolute Gasteiger partial charge is 0.227 e. The van der Waals surface area contributed by atoms with Crippen LogP contribution in [0.4, 0.5) is 0 Å². The number of likely N-dealkylation sites (tertiary alicyclic amines) is 1. The Balaban J connectivity index is 1.48. The third-order valence-electron chi connectivity index (χ3n) is 5.43. The van der Waals surface area contributed by atoms with Crippen LogP contribution in [0.5, 0.6) is 0 Å². The Hall–Kier alpha value is -2.17. The van der Waals surface area contributed by atoms with E-state index in [1.54, 1.807) is 0 Å². The van der Waals surface area contributed by atoms with Gasteiger partial charge in [0.1, 0.15) is 0 Å². The SMILES string of the molecule is CCc1nc([C@H]2CCCN2C(=O)Cc2ccc3c(c2)CCCC3)no1. The van der Waals surface area contributed by atoms with Crippen molar-refractivity contribution < 1.29 is 9.32 Å². The fourth-order valence-electron chi connectivity index (χ4n) is 4.05. The van der Waals surface area contributed by atoms with Crippen molar-refractivity contribution in [2.45, 2.75) is 64.3 Å². The lowest BCUT2D eigenvalue weighted by atomic mass is 9.90. The molecule has 2 aromatic rings. The Morgan fingerprint density at radius 2 is 2.08 bits per heavy atom. The predicted molar refractivity (Wildman–Crippen MR) is 94.2 cm³/mol. The molecule has 1 saturated heterocycles. The van der Waals surface area contributed by atoms with Gasteiger partial charge in [-0.1, -0.05) is 30.3 Å². The van der Waals surface area contributed by atoms with Crippen molar-refractivity contribution >= 4 is 5.91 Å². The summed E-state index contributed by atoms with van der Waals surface area (Å²) in [5, 5.41) is 4.09. The van der Waals surface area contributed by atoms with Gasteiger partial charge in [-0.05, 0) is 55.2 Å². The molecule has 1 aromatic carbocycles. The lowest BCUT2D eigenvalue weighted by Gasteiger charge is -2.23. The molecule has 1 aromatic heterocycles. The van der Waals surface area contributed by atoms with Crippen molar-refractivity contribution in [3.05, 3.63) is 46.6 Å². The molecule has 2 heterocycles. The first-order valence-corrected chi connectivity index (χ1v) is 9.47. The number of amides is 1. The summed E-state index contributed by atoms with van der Waals surface area (Å²) in [6.45, 7) is 2.77. The van der Waals surface area contributed by atoms with Crippen molar-refractivity contribution in [3.8, 4) is 0 Å². The van der Waals surface area contributed by atoms with E-state index in [4.69, 9.17) is 4.52 Å². The van der Waals surface area contributed by atoms with Gasteiger partial charge in [0.25, 0.3) is 0 Å². The number of hydrogen-bond acceptors (Lipinski definition) is 4. The second kappa shape index (κ2) is 6.98. The highest BCUT2D eigenvalue weighted by Crippen LogP contribution is 2.31. The van der Waals surface area contributed by atoms with Crippen LogP contribution in [0.25, 0.3) is 0 Å². The van der Waals surface area contributed by atoms with Crippen molar-refractivity contribution in [1.82, 2.24) is 15.0 Å². The maximum absolute atomic E-state index is 12.9. The summed E-state index contributed by atoms with van der Waals surface area (Å²) in [7, 11) is 0. The highest BCUT2D eigenvalue weighted by Gasteiger charge is 2.33. The van der Waals surface area contributed by atoms with Gasteiger partial charge >= 0.3 is 0 Å². The molecule has 5 nitrogen and oxygen atoms in total. The molecule has 0 saturated carbocycles. The molecule has 2 aliphatic rings. The number of carbonyl (C=O) groups excluding carboxylic acids is 1. The molecule has 0 radical (unpaired) electrons. The summed E-state index contributed by atoms with van der Waals surface area (Å²) in [5.74, 6) is 1.47. The molecule has 4 rings (SSSR count). The number of hydrogen-bond donors (Lipinski definition) is 0. The summed E-state index contributed by atoms with van der Waals surface area (Å²) < 4.78 is 5.24. The Morgan fingerprint density at radius 3 is 2.88 bits per heavy atom. The lowest BCUT2D eigenvalue weighted by molar-refractivity contribution is -0.131. The molecular weight excluding hydrogens is 314 g/mol. The zero-order valence-corrected chi connectivity index (χ0v) is 14.8. The number of aromatic nitrogens is 2. The van der Waals surface area contributed by atoms with Crippen LogP contribution in [0.2, 0.25) is 0 Å². The molecular formula is C20H25N3O2. The maximum Gasteiger partial charge on any atom is 0.227 e. The van der Waals surface area contributed by atoms with Crippen molar-refractivity contribution in [1.29, 1.82) is 0 Å². The minimum Gasteiger partial charge on any atom is -0.339 e. The van der Waals surface area contributed by atoms with Crippen LogP contribution in [0.3, 0.4) is 0 Å². The standard InChI is InChI=1S/C20H25N3O2/c1-2-18-21-20(22-25-18)17-8-5-11-23(17)19(24)13-14-9-10-15-6-3-4-7-16(15)12-14/h9-10,12,17H,2-8,11,13H2,1H3/t17-/m1/s1. The van der Waals surface area contributed by atoms with E-state index < -0.39 is 0 Å². The van der Waals surface area contributed by atoms with Gasteiger partial charge in [-0.3, -0.25) is 4.79 Å². The van der Waals surface area contributed by atoms with Gasteiger partial charge < -0.3 is 9.42 Å². The molecule has 1 aliphatic heterocycles. The summed E-state index contributed by atoms with van der Waals surface area (Å²) >= 11 is 0. The molecule has 132 valence electrons. The molecule has 0 N–H and O–H groups in total. The average Bonchev–Trinajstić information content (AvgIpc) is 3.30. The van der Waals surface area contributed by atoms with Crippen LogP contribution >= 0.6 is 0 Å². The van der Waals surface area contributed by atoms with Gasteiger partial charge in [-0.15, -0.1) is 0 Å². The van der Waals surface area contributed by atoms with Crippen molar-refractivity contribution in [2.24, 2.45) is 0 Å². The van der Waals surface area contributed by atoms with Crippen molar-refractivity contribution in [3.63, 3.8) is 0 Å². The highest BCUT2D eigenvalue weighted by molar-refractivity contribution is 5.79. The van der Waals surface area contributed by atoms with E-state index in [0.29, 0.717) is 18.1 Å². The summed E-state index contributed by atoms with van der Waals surface area (Å²) in [5.41, 5.74) is 4.01. The third kappa shape index (κ3) is 3.32. The molecule has 1 aliphatic carbocycles. The van der Waals surface area contributed by atoms with Gasteiger partial charge in [0.2, 0.25) is 11.8 Å². The predicted octanol–water partition coefficient (Wildman–Crippen LogP) is 3.42. The van der Waals surface area contributed by atoms with Crippen molar-refractivity contribution in [2.75, 3.05) is 6.54 Å². The van der Waals surface area contributed by atoms with E-state index in [1.807, 2.05) is 11.8 Å². The van der Waals surface area contributed by atoms with Crippen LogP contribution in [0.15, 0.2) is 22.7 Å². The van der Waals surface area contributed by atoms with E-state index in [0.717, 1.165) is 37.8 Å². The van der Waals surface area contributed by atoms with E-state index >= 15 is 0 Å². The van der Waals surface area contributed by atoms with E-state index in [-0.39, 0.29) is 11.9 Å². The summed E-state index contributed by atoms with van der Waals surface area (Å²) in [6, 6.07) is 6.54. The maximum atomic E-state index is 12.9. The number of fused-ring (bicyclic) bond motifs is 1. The number of nitrogens with zero attached hydrogens (tertiary/aromatic N) is 3. The molecule has 25 heavy (non-hydrogen) atoms. The molecule has 0 unspecified atom stereocenters. The van der Waals surface area contributed by atoms with Crippen LogP contribution in [0.1, 0.15) is 67.1 Å². The van der Waals surface area contributed by atoms with Gasteiger partial charge in [0, 0.05) is 13.0 Å². The van der Waals surface area contributed by atoms with E-state index in [1.165, 1.54) is 30.4 Å². The third-order valence-corrected chi connectivity index (χ3v) is 5.43. The fraction of sp³-hybridized carbons (Fsp3) is 0.550. The highest BCUT2D eigenvalue weighted by atomic mass is 16.5. The zero-order valence-electron chi connectivity index (χ0n) is 14.8. The minimum absolute atomic E-state index is 0.0332. The summed E-state index contributed by atoms with van der Waals surface area (Å²) in [4.78, 5) is 19.3. The first kappa shape index (κ1) is 16.3. The second-order valence-electron chi connectivity index (χ2n) is 7.13. The van der Waals surface area contributed by atoms with Crippen LogP contribution in [-0.4, -0.2) is 27.5 Å². The van der Waals surface area contributed by atoms with E-state index in [9.17, 15) is 4.79 Å². The van der Waals surface area contributed by atoms with Gasteiger partial charge in [-0.25, -0.2) is 0 Å². The van der Waals surface area contributed by atoms with Gasteiger partial charge in [0.15, 0.2) is 5.82 Å². The average molecular weight is 339 g/mol.